The molecular formula is C6H6O3. The van der Waals surface area contributed by atoms with Gasteiger partial charge in [-0.25, -0.2) is 9.59 Å². The fraction of sp³-hybridized carbons (Fsp3) is 0.167. The molecule has 0 unspecified atom stereocenters. The third-order valence-corrected chi connectivity index (χ3v) is 0.743. The fourth-order valence-electron chi connectivity index (χ4n) is 0.313. The monoisotopic (exact) mass is 126 g/mol. The van der Waals surface area contributed by atoms with Gasteiger partial charge in [0.25, 0.3) is 0 Å². The Labute approximate surface area is 52.3 Å². The lowest BCUT2D eigenvalue weighted by molar-refractivity contribution is -0.132. The summed E-state index contributed by atoms with van der Waals surface area (Å²) < 4.78 is 0. The van der Waals surface area contributed by atoms with E-state index in [1.165, 1.54) is 12.9 Å². The van der Waals surface area contributed by atoms with Crippen LogP contribution in [-0.4, -0.2) is 17.0 Å². The van der Waals surface area contributed by atoms with E-state index in [4.69, 9.17) is 5.11 Å². The van der Waals surface area contributed by atoms with Crippen LogP contribution in [-0.2, 0) is 9.59 Å². The molecule has 0 heterocycles. The Morgan fingerprint density at radius 1 is 1.67 bits per heavy atom. The number of aliphatic carboxylic acids is 1. The first-order chi connectivity index (χ1) is 4.09. The minimum atomic E-state index is -1.28. The molecule has 0 spiro atoms. The molecule has 0 aliphatic heterocycles. The highest BCUT2D eigenvalue weighted by molar-refractivity contribution is 5.99. The van der Waals surface area contributed by atoms with E-state index in [0.717, 1.165) is 0 Å². The predicted octanol–water partition coefficient (Wildman–Crippen LogP) is 0.405. The van der Waals surface area contributed by atoms with Crippen LogP contribution in [0.5, 0.6) is 0 Å². The number of carboxylic acids is 1. The molecule has 0 bridgehead atoms. The second kappa shape index (κ2) is 2.84. The van der Waals surface area contributed by atoms with E-state index in [1.54, 1.807) is 0 Å². The summed E-state index contributed by atoms with van der Waals surface area (Å²) in [5.74, 6) is -0.0116. The molecule has 0 saturated carbocycles. The van der Waals surface area contributed by atoms with Crippen molar-refractivity contribution in [2.75, 3.05) is 0 Å². The maximum Gasteiger partial charge on any atom is 0.347 e. The molecule has 0 atom stereocenters. The second-order valence-corrected chi connectivity index (χ2v) is 1.56. The van der Waals surface area contributed by atoms with Crippen molar-refractivity contribution in [1.29, 1.82) is 0 Å². The van der Waals surface area contributed by atoms with Crippen LogP contribution in [0.25, 0.3) is 0 Å². The second-order valence-electron chi connectivity index (χ2n) is 1.56. The topological polar surface area (TPSA) is 54.4 Å². The van der Waals surface area contributed by atoms with Gasteiger partial charge in [-0.3, -0.25) is 0 Å². The molecule has 0 saturated heterocycles. The highest BCUT2D eigenvalue weighted by Gasteiger charge is 2.07. The minimum absolute atomic E-state index is 0.220. The van der Waals surface area contributed by atoms with E-state index in [1.807, 2.05) is 0 Å². The molecule has 3 nitrogen and oxygen atoms in total. The Morgan fingerprint density at radius 3 is 2.11 bits per heavy atom. The number of rotatable bonds is 2. The summed E-state index contributed by atoms with van der Waals surface area (Å²) >= 11 is 0. The zero-order chi connectivity index (χ0) is 7.44. The maximum absolute atomic E-state index is 10.0. The smallest absolute Gasteiger partial charge is 0.347 e. The standard InChI is InChI=1S/C6H6O3/c1-4(2)5(3-7)6(8)9/h1H2,2H3,(H,8,9). The van der Waals surface area contributed by atoms with Crippen molar-refractivity contribution in [2.45, 2.75) is 6.92 Å². The first kappa shape index (κ1) is 7.66. The van der Waals surface area contributed by atoms with Gasteiger partial charge >= 0.3 is 5.97 Å². The minimum Gasteiger partial charge on any atom is -0.477 e. The number of hydrogen-bond donors (Lipinski definition) is 1. The zero-order valence-corrected chi connectivity index (χ0v) is 4.97. The number of carbonyl (C=O) groups excluding carboxylic acids is 1. The number of carboxylic acid groups (broad SMARTS) is 1. The molecule has 0 amide bonds. The van der Waals surface area contributed by atoms with E-state index < -0.39 is 11.5 Å². The molecule has 9 heavy (non-hydrogen) atoms. The maximum atomic E-state index is 10.0. The van der Waals surface area contributed by atoms with Crippen LogP contribution in [0.2, 0.25) is 0 Å². The van der Waals surface area contributed by atoms with Crippen molar-refractivity contribution >= 4 is 11.9 Å². The van der Waals surface area contributed by atoms with Gasteiger partial charge < -0.3 is 5.11 Å². The lowest BCUT2D eigenvalue weighted by Gasteiger charge is -1.90. The predicted molar refractivity (Wildman–Crippen MR) is 31.7 cm³/mol. The van der Waals surface area contributed by atoms with E-state index >= 15 is 0 Å². The van der Waals surface area contributed by atoms with Crippen molar-refractivity contribution in [3.63, 3.8) is 0 Å². The van der Waals surface area contributed by atoms with Gasteiger partial charge in [0.1, 0.15) is 11.5 Å². The average molecular weight is 126 g/mol. The third-order valence-electron chi connectivity index (χ3n) is 0.743. The Balaban J connectivity index is 4.59. The zero-order valence-electron chi connectivity index (χ0n) is 4.97. The van der Waals surface area contributed by atoms with Gasteiger partial charge in [0.15, 0.2) is 0 Å². The molecule has 0 rings (SSSR count). The molecule has 0 aromatic heterocycles. The molecule has 3 heteroatoms. The van der Waals surface area contributed by atoms with Crippen molar-refractivity contribution in [3.05, 3.63) is 17.7 Å². The number of carbonyl (C=O) groups is 1. The fourth-order valence-corrected chi connectivity index (χ4v) is 0.313. The third kappa shape index (κ3) is 1.93. The van der Waals surface area contributed by atoms with E-state index in [2.05, 4.69) is 6.58 Å². The summed E-state index contributed by atoms with van der Waals surface area (Å²) in [6, 6.07) is 0. The highest BCUT2D eigenvalue weighted by atomic mass is 16.4. The van der Waals surface area contributed by atoms with Crippen molar-refractivity contribution in [1.82, 2.24) is 0 Å². The molecule has 0 aliphatic carbocycles. The van der Waals surface area contributed by atoms with Crippen molar-refractivity contribution < 1.29 is 14.7 Å². The average Bonchev–Trinajstić information content (AvgIpc) is 1.64. The molecule has 0 fully saturated rings. The molecule has 0 aliphatic rings. The Kier molecular flexibility index (Phi) is 2.42. The largest absolute Gasteiger partial charge is 0.477 e. The first-order valence-corrected chi connectivity index (χ1v) is 2.24. The van der Waals surface area contributed by atoms with E-state index in [0.29, 0.717) is 0 Å². The Morgan fingerprint density at radius 2 is 2.11 bits per heavy atom. The van der Waals surface area contributed by atoms with Gasteiger partial charge in [-0.05, 0) is 12.5 Å². The van der Waals surface area contributed by atoms with Crippen LogP contribution in [0, 0.1) is 0 Å². The van der Waals surface area contributed by atoms with Gasteiger partial charge in [-0.2, -0.15) is 0 Å². The number of hydrogen-bond acceptors (Lipinski definition) is 2. The van der Waals surface area contributed by atoms with Crippen LogP contribution in [0.3, 0.4) is 0 Å². The summed E-state index contributed by atoms with van der Waals surface area (Å²) in [4.78, 5) is 19.8. The van der Waals surface area contributed by atoms with Gasteiger partial charge in [0.05, 0.1) is 0 Å². The molecule has 0 aromatic carbocycles. The summed E-state index contributed by atoms with van der Waals surface area (Å²) in [5.41, 5.74) is -0.174. The quantitative estimate of drug-likeness (QED) is 0.331. The molecule has 0 radical (unpaired) electrons. The van der Waals surface area contributed by atoms with Crippen LogP contribution in [0.1, 0.15) is 6.92 Å². The van der Waals surface area contributed by atoms with Crippen LogP contribution < -0.4 is 0 Å². The Bertz CT molecular complexity index is 180. The summed E-state index contributed by atoms with van der Waals surface area (Å²) in [5, 5.41) is 8.18. The molecular weight excluding hydrogens is 120 g/mol. The van der Waals surface area contributed by atoms with Gasteiger partial charge in [0.2, 0.25) is 0 Å². The summed E-state index contributed by atoms with van der Waals surface area (Å²) in [7, 11) is 0. The van der Waals surface area contributed by atoms with Crippen molar-refractivity contribution in [2.24, 2.45) is 0 Å². The molecule has 1 N–H and O–H groups in total. The van der Waals surface area contributed by atoms with Gasteiger partial charge in [-0.1, -0.05) is 6.58 Å². The van der Waals surface area contributed by atoms with Crippen LogP contribution in [0.15, 0.2) is 17.7 Å². The molecule has 48 valence electrons. The SMILES string of the molecule is C=C(C)C(=C=O)C(=O)O. The van der Waals surface area contributed by atoms with E-state index in [-0.39, 0.29) is 5.57 Å². The van der Waals surface area contributed by atoms with Crippen molar-refractivity contribution in [3.8, 4) is 0 Å². The summed E-state index contributed by atoms with van der Waals surface area (Å²) in [6.45, 7) is 4.71. The van der Waals surface area contributed by atoms with Crippen LogP contribution >= 0.6 is 0 Å². The van der Waals surface area contributed by atoms with Crippen LogP contribution in [0.4, 0.5) is 0 Å². The normalized spacial score (nSPS) is 7.67. The lowest BCUT2D eigenvalue weighted by Crippen LogP contribution is -2.01. The summed E-state index contributed by atoms with van der Waals surface area (Å²) in [6.07, 6.45) is 0. The first-order valence-electron chi connectivity index (χ1n) is 2.24. The van der Waals surface area contributed by atoms with E-state index in [9.17, 15) is 9.59 Å². The van der Waals surface area contributed by atoms with Gasteiger partial charge in [0, 0.05) is 0 Å². The lowest BCUT2D eigenvalue weighted by atomic mass is 10.2. The highest BCUT2D eigenvalue weighted by Crippen LogP contribution is 2.00. The molecule has 0 aromatic rings. The Hall–Kier alpha value is -1.34. The van der Waals surface area contributed by atoms with Gasteiger partial charge in [-0.15, -0.1) is 0 Å².